The van der Waals surface area contributed by atoms with Crippen LogP contribution in [0.15, 0.2) is 48.7 Å². The maximum absolute atomic E-state index is 13.2. The summed E-state index contributed by atoms with van der Waals surface area (Å²) < 4.78 is 15.2. The number of non-ortho nitro benzene ring substituents is 1. The van der Waals surface area contributed by atoms with Gasteiger partial charge in [0.25, 0.3) is 5.69 Å². The van der Waals surface area contributed by atoms with E-state index in [1.54, 1.807) is 18.2 Å². The molecule has 0 fully saturated rings. The van der Waals surface area contributed by atoms with Gasteiger partial charge >= 0.3 is 0 Å². The van der Waals surface area contributed by atoms with Crippen molar-refractivity contribution in [3.8, 4) is 0 Å². The van der Waals surface area contributed by atoms with Crippen LogP contribution in [0.25, 0.3) is 10.9 Å². The molecule has 0 spiro atoms. The zero-order valence-electron chi connectivity index (χ0n) is 11.4. The van der Waals surface area contributed by atoms with Crippen molar-refractivity contribution in [1.29, 1.82) is 0 Å². The summed E-state index contributed by atoms with van der Waals surface area (Å²) in [5.74, 6) is -0.267. The third-order valence-electron chi connectivity index (χ3n) is 3.49. The Morgan fingerprint density at radius 3 is 2.76 bits per heavy atom. The van der Waals surface area contributed by atoms with E-state index in [0.29, 0.717) is 6.54 Å². The van der Waals surface area contributed by atoms with Crippen LogP contribution in [0.4, 0.5) is 10.1 Å². The molecule has 5 heteroatoms. The average Bonchev–Trinajstić information content (AvgIpc) is 2.82. The Bertz CT molecular complexity index is 839. The Morgan fingerprint density at radius 2 is 2.05 bits per heavy atom. The summed E-state index contributed by atoms with van der Waals surface area (Å²) >= 11 is 0. The summed E-state index contributed by atoms with van der Waals surface area (Å²) in [6.45, 7) is 2.37. The fourth-order valence-electron chi connectivity index (χ4n) is 2.62. The molecule has 4 nitrogen and oxygen atoms in total. The van der Waals surface area contributed by atoms with E-state index in [4.69, 9.17) is 0 Å². The molecule has 0 radical (unpaired) electrons. The minimum atomic E-state index is -0.393. The number of halogens is 1. The van der Waals surface area contributed by atoms with E-state index in [0.717, 1.165) is 22.0 Å². The van der Waals surface area contributed by atoms with Gasteiger partial charge in [-0.1, -0.05) is 12.1 Å². The molecule has 0 amide bonds. The molecule has 0 N–H and O–H groups in total. The Hall–Kier alpha value is -2.69. The summed E-state index contributed by atoms with van der Waals surface area (Å²) in [5.41, 5.74) is 2.71. The predicted molar refractivity (Wildman–Crippen MR) is 78.8 cm³/mol. The summed E-state index contributed by atoms with van der Waals surface area (Å²) in [6.07, 6.45) is 1.87. The van der Waals surface area contributed by atoms with Crippen molar-refractivity contribution in [1.82, 2.24) is 4.57 Å². The molecule has 0 aliphatic rings. The first-order valence-electron chi connectivity index (χ1n) is 6.53. The van der Waals surface area contributed by atoms with E-state index in [9.17, 15) is 14.5 Å². The normalized spacial score (nSPS) is 11.0. The summed E-state index contributed by atoms with van der Waals surface area (Å²) in [4.78, 5) is 10.5. The number of hydrogen-bond donors (Lipinski definition) is 0. The molecule has 1 aromatic heterocycles. The van der Waals surface area contributed by atoms with Crippen molar-refractivity contribution in [2.75, 3.05) is 0 Å². The van der Waals surface area contributed by atoms with Gasteiger partial charge in [-0.2, -0.15) is 0 Å². The number of hydrogen-bond acceptors (Lipinski definition) is 2. The van der Waals surface area contributed by atoms with Crippen LogP contribution in [0.3, 0.4) is 0 Å². The fraction of sp³-hybridized carbons (Fsp3) is 0.125. The third kappa shape index (κ3) is 2.50. The zero-order chi connectivity index (χ0) is 15.0. The van der Waals surface area contributed by atoms with Gasteiger partial charge in [0.05, 0.1) is 10.4 Å². The average molecular weight is 284 g/mol. The summed E-state index contributed by atoms with van der Waals surface area (Å²) in [7, 11) is 0. The number of nitrogens with zero attached hydrogens (tertiary/aromatic N) is 2. The molecule has 3 rings (SSSR count). The SMILES string of the molecule is Cc1cc([N+](=O)[O-])cc2ccn(Cc3cccc(F)c3)c12. The zero-order valence-corrected chi connectivity index (χ0v) is 11.4. The van der Waals surface area contributed by atoms with Crippen LogP contribution in [0.1, 0.15) is 11.1 Å². The molecule has 0 aliphatic heterocycles. The first-order valence-corrected chi connectivity index (χ1v) is 6.53. The number of benzene rings is 2. The maximum Gasteiger partial charge on any atom is 0.270 e. The molecule has 3 aromatic rings. The number of nitro groups is 1. The maximum atomic E-state index is 13.2. The van der Waals surface area contributed by atoms with Gasteiger partial charge in [-0.25, -0.2) is 4.39 Å². The van der Waals surface area contributed by atoms with Gasteiger partial charge in [0.2, 0.25) is 0 Å². The lowest BCUT2D eigenvalue weighted by molar-refractivity contribution is -0.384. The lowest BCUT2D eigenvalue weighted by Crippen LogP contribution is -2.00. The highest BCUT2D eigenvalue weighted by atomic mass is 19.1. The van der Waals surface area contributed by atoms with E-state index in [1.165, 1.54) is 12.1 Å². The quantitative estimate of drug-likeness (QED) is 0.538. The number of aromatic nitrogens is 1. The first-order chi connectivity index (χ1) is 10.0. The lowest BCUT2D eigenvalue weighted by Gasteiger charge is -2.08. The standard InChI is InChI=1S/C16H13FN2O2/c1-11-7-15(19(20)21)9-13-5-6-18(16(11)13)10-12-3-2-4-14(17)8-12/h2-9H,10H2,1H3. The summed E-state index contributed by atoms with van der Waals surface area (Å²) in [5, 5.41) is 11.7. The molecule has 106 valence electrons. The second kappa shape index (κ2) is 5.01. The Labute approximate surface area is 120 Å². The second-order valence-electron chi connectivity index (χ2n) is 5.03. The van der Waals surface area contributed by atoms with Crippen LogP contribution in [0, 0.1) is 22.9 Å². The van der Waals surface area contributed by atoms with Gasteiger partial charge in [-0.3, -0.25) is 10.1 Å². The third-order valence-corrected chi connectivity index (χ3v) is 3.49. The number of fused-ring (bicyclic) bond motifs is 1. The number of nitro benzene ring substituents is 1. The molecule has 0 saturated heterocycles. The smallest absolute Gasteiger partial charge is 0.270 e. The van der Waals surface area contributed by atoms with Gasteiger partial charge in [0.1, 0.15) is 5.82 Å². The molecule has 0 aliphatic carbocycles. The highest BCUT2D eigenvalue weighted by Gasteiger charge is 2.12. The molecule has 0 saturated carbocycles. The molecular weight excluding hydrogens is 271 g/mol. The van der Waals surface area contributed by atoms with E-state index in [2.05, 4.69) is 0 Å². The van der Waals surface area contributed by atoms with Crippen molar-refractivity contribution in [2.45, 2.75) is 13.5 Å². The lowest BCUT2D eigenvalue weighted by atomic mass is 10.1. The predicted octanol–water partition coefficient (Wildman–Crippen LogP) is 4.05. The van der Waals surface area contributed by atoms with E-state index < -0.39 is 4.92 Å². The van der Waals surface area contributed by atoms with Crippen LogP contribution in [-0.4, -0.2) is 9.49 Å². The van der Waals surface area contributed by atoms with Crippen molar-refractivity contribution >= 4 is 16.6 Å². The van der Waals surface area contributed by atoms with E-state index in [1.807, 2.05) is 29.8 Å². The molecule has 0 atom stereocenters. The van der Waals surface area contributed by atoms with Crippen LogP contribution in [0.5, 0.6) is 0 Å². The van der Waals surface area contributed by atoms with Crippen LogP contribution in [-0.2, 0) is 6.54 Å². The van der Waals surface area contributed by atoms with Crippen molar-refractivity contribution < 1.29 is 9.31 Å². The molecule has 1 heterocycles. The van der Waals surface area contributed by atoms with E-state index >= 15 is 0 Å². The van der Waals surface area contributed by atoms with Gasteiger partial charge in [0.15, 0.2) is 0 Å². The van der Waals surface area contributed by atoms with Crippen LogP contribution in [0.2, 0.25) is 0 Å². The minimum Gasteiger partial charge on any atom is -0.343 e. The highest BCUT2D eigenvalue weighted by Crippen LogP contribution is 2.26. The highest BCUT2D eigenvalue weighted by molar-refractivity contribution is 5.85. The summed E-state index contributed by atoms with van der Waals surface area (Å²) in [6, 6.07) is 11.4. The van der Waals surface area contributed by atoms with Crippen LogP contribution < -0.4 is 0 Å². The number of aryl methyl sites for hydroxylation is 1. The van der Waals surface area contributed by atoms with E-state index in [-0.39, 0.29) is 11.5 Å². The number of rotatable bonds is 3. The molecular formula is C16H13FN2O2. The van der Waals surface area contributed by atoms with Crippen molar-refractivity contribution in [3.05, 3.63) is 75.7 Å². The van der Waals surface area contributed by atoms with Gasteiger partial charge < -0.3 is 4.57 Å². The van der Waals surface area contributed by atoms with Gasteiger partial charge in [0, 0.05) is 30.3 Å². The molecule has 21 heavy (non-hydrogen) atoms. The fourth-order valence-corrected chi connectivity index (χ4v) is 2.62. The largest absolute Gasteiger partial charge is 0.343 e. The Balaban J connectivity index is 2.06. The van der Waals surface area contributed by atoms with Crippen LogP contribution >= 0.6 is 0 Å². The molecule has 0 unspecified atom stereocenters. The Kier molecular flexibility index (Phi) is 3.17. The second-order valence-corrected chi connectivity index (χ2v) is 5.03. The van der Waals surface area contributed by atoms with Crippen molar-refractivity contribution in [2.24, 2.45) is 0 Å². The molecule has 2 aromatic carbocycles. The topological polar surface area (TPSA) is 48.1 Å². The van der Waals surface area contributed by atoms with Gasteiger partial charge in [-0.15, -0.1) is 0 Å². The van der Waals surface area contributed by atoms with Gasteiger partial charge in [-0.05, 0) is 36.2 Å². The monoisotopic (exact) mass is 284 g/mol. The Morgan fingerprint density at radius 1 is 1.24 bits per heavy atom. The first kappa shape index (κ1) is 13.3. The van der Waals surface area contributed by atoms with Crippen molar-refractivity contribution in [3.63, 3.8) is 0 Å². The minimum absolute atomic E-state index is 0.0866. The molecule has 0 bridgehead atoms.